The quantitative estimate of drug-likeness (QED) is 0.714. The summed E-state index contributed by atoms with van der Waals surface area (Å²) in [6.07, 6.45) is 3.94. The first-order valence-corrected chi connectivity index (χ1v) is 11.9. The van der Waals surface area contributed by atoms with Crippen molar-refractivity contribution in [1.82, 2.24) is 19.1 Å². The Bertz CT molecular complexity index is 1030. The number of rotatable bonds is 4. The topological polar surface area (TPSA) is 83.0 Å². The van der Waals surface area contributed by atoms with Gasteiger partial charge in [0.1, 0.15) is 16.7 Å². The number of carbonyl (C=O) groups is 1. The highest BCUT2D eigenvalue weighted by Gasteiger charge is 2.43. The molecule has 3 heterocycles. The summed E-state index contributed by atoms with van der Waals surface area (Å²) < 4.78 is 35.0. The zero-order valence-electron chi connectivity index (χ0n) is 17.8. The van der Waals surface area contributed by atoms with E-state index in [1.807, 2.05) is 19.0 Å². The van der Waals surface area contributed by atoms with Gasteiger partial charge in [-0.25, -0.2) is 8.42 Å². The Labute approximate surface area is 183 Å². The van der Waals surface area contributed by atoms with Gasteiger partial charge in [0.2, 0.25) is 10.0 Å². The molecule has 2 aromatic rings. The van der Waals surface area contributed by atoms with Gasteiger partial charge >= 0.3 is 0 Å². The molecule has 1 aromatic carbocycles. The minimum atomic E-state index is -3.72. The molecule has 166 valence electrons. The predicted octanol–water partition coefficient (Wildman–Crippen LogP) is 1.70. The van der Waals surface area contributed by atoms with Crippen molar-refractivity contribution in [3.8, 4) is 5.75 Å². The molecule has 0 aliphatic carbocycles. The van der Waals surface area contributed by atoms with Gasteiger partial charge in [-0.3, -0.25) is 9.78 Å². The van der Waals surface area contributed by atoms with Gasteiger partial charge in [0, 0.05) is 45.0 Å². The third-order valence-corrected chi connectivity index (χ3v) is 7.82. The van der Waals surface area contributed by atoms with E-state index in [9.17, 15) is 13.2 Å². The fourth-order valence-electron chi connectivity index (χ4n) is 4.22. The molecule has 1 aromatic heterocycles. The summed E-state index contributed by atoms with van der Waals surface area (Å²) in [5.41, 5.74) is 0.535. The second-order valence-corrected chi connectivity index (χ2v) is 10.1. The Balaban J connectivity index is 1.65. The number of nitrogens with zero attached hydrogens (tertiary/aromatic N) is 4. The Kier molecular flexibility index (Phi) is 6.27. The monoisotopic (exact) mass is 444 g/mol. The number of benzene rings is 1. The lowest BCUT2D eigenvalue weighted by atomic mass is 10.1. The highest BCUT2D eigenvalue weighted by molar-refractivity contribution is 7.89. The molecule has 0 unspecified atom stereocenters. The third kappa shape index (κ3) is 4.44. The van der Waals surface area contributed by atoms with E-state index in [1.54, 1.807) is 58.0 Å². The van der Waals surface area contributed by atoms with Crippen LogP contribution in [0.3, 0.4) is 0 Å². The van der Waals surface area contributed by atoms with Gasteiger partial charge in [-0.15, -0.1) is 0 Å². The van der Waals surface area contributed by atoms with Crippen molar-refractivity contribution in [1.29, 1.82) is 0 Å². The number of aromatic nitrogens is 1. The SMILES string of the molecule is CN(C)CCN1[C@@H]2CCN(C(=O)c3cccnc3)CC[C@H]2Oc2ccccc2S1(=O)=O. The van der Waals surface area contributed by atoms with E-state index in [1.165, 1.54) is 0 Å². The van der Waals surface area contributed by atoms with Crippen molar-refractivity contribution in [3.63, 3.8) is 0 Å². The van der Waals surface area contributed by atoms with Gasteiger partial charge in [-0.05, 0) is 44.8 Å². The molecule has 31 heavy (non-hydrogen) atoms. The van der Waals surface area contributed by atoms with E-state index in [-0.39, 0.29) is 22.9 Å². The first-order valence-electron chi connectivity index (χ1n) is 10.5. The summed E-state index contributed by atoms with van der Waals surface area (Å²) in [7, 11) is 0.125. The molecule has 0 N–H and O–H groups in total. The number of fused-ring (bicyclic) bond motifs is 2. The van der Waals surface area contributed by atoms with Crippen LogP contribution < -0.4 is 4.74 Å². The predicted molar refractivity (Wildman–Crippen MR) is 116 cm³/mol. The molecule has 1 saturated heterocycles. The molecule has 0 bridgehead atoms. The lowest BCUT2D eigenvalue weighted by Crippen LogP contribution is -2.49. The molecule has 8 nitrogen and oxygen atoms in total. The lowest BCUT2D eigenvalue weighted by Gasteiger charge is -2.32. The fourth-order valence-corrected chi connectivity index (χ4v) is 6.01. The second kappa shape index (κ2) is 8.94. The van der Waals surface area contributed by atoms with E-state index in [0.29, 0.717) is 50.3 Å². The highest BCUT2D eigenvalue weighted by Crippen LogP contribution is 2.36. The molecule has 9 heteroatoms. The largest absolute Gasteiger partial charge is 0.487 e. The van der Waals surface area contributed by atoms with Gasteiger partial charge in [-0.1, -0.05) is 12.1 Å². The Morgan fingerprint density at radius 3 is 2.68 bits per heavy atom. The van der Waals surface area contributed by atoms with Crippen LogP contribution in [0.25, 0.3) is 0 Å². The molecular weight excluding hydrogens is 416 g/mol. The summed E-state index contributed by atoms with van der Waals surface area (Å²) in [5.74, 6) is 0.296. The number of likely N-dealkylation sites (N-methyl/N-ethyl adjacent to an activating group) is 1. The van der Waals surface area contributed by atoms with Gasteiger partial charge in [-0.2, -0.15) is 4.31 Å². The molecule has 0 radical (unpaired) electrons. The Morgan fingerprint density at radius 1 is 1.16 bits per heavy atom. The van der Waals surface area contributed by atoms with Crippen LogP contribution in [0.5, 0.6) is 5.75 Å². The van der Waals surface area contributed by atoms with Crippen molar-refractivity contribution in [2.24, 2.45) is 0 Å². The Morgan fingerprint density at radius 2 is 1.94 bits per heavy atom. The zero-order chi connectivity index (χ0) is 22.0. The van der Waals surface area contributed by atoms with Gasteiger partial charge < -0.3 is 14.5 Å². The standard InChI is InChI=1S/C22H28N4O4S/c1-24(2)14-15-26-18-9-12-25(22(27)17-6-5-11-23-16-17)13-10-19(18)30-20-7-3-4-8-21(20)31(26,28)29/h3-8,11,16,18-19H,9-10,12-15H2,1-2H3/t18-,19-/m1/s1. The molecule has 1 fully saturated rings. The van der Waals surface area contributed by atoms with Crippen LogP contribution in [0.2, 0.25) is 0 Å². The number of hydrogen-bond acceptors (Lipinski definition) is 6. The molecule has 2 atom stereocenters. The maximum Gasteiger partial charge on any atom is 0.255 e. The van der Waals surface area contributed by atoms with Crippen LogP contribution in [-0.2, 0) is 10.0 Å². The fraction of sp³-hybridized carbons (Fsp3) is 0.455. The number of ether oxygens (including phenoxy) is 1. The second-order valence-electron chi connectivity index (χ2n) is 8.20. The van der Waals surface area contributed by atoms with E-state index in [2.05, 4.69) is 4.98 Å². The summed E-state index contributed by atoms with van der Waals surface area (Å²) in [6, 6.07) is 9.97. The first kappa shape index (κ1) is 21.7. The minimum absolute atomic E-state index is 0.0901. The number of carbonyl (C=O) groups excluding carboxylic acids is 1. The summed E-state index contributed by atoms with van der Waals surface area (Å²) in [5, 5.41) is 0. The number of sulfonamides is 1. The van der Waals surface area contributed by atoms with Crippen LogP contribution >= 0.6 is 0 Å². The number of amides is 1. The summed E-state index contributed by atoms with van der Waals surface area (Å²) in [6.45, 7) is 1.93. The average Bonchev–Trinajstić information content (AvgIpc) is 3.01. The normalized spacial score (nSPS) is 23.3. The van der Waals surface area contributed by atoms with Gasteiger partial charge in [0.15, 0.2) is 0 Å². The van der Waals surface area contributed by atoms with E-state index < -0.39 is 10.0 Å². The van der Waals surface area contributed by atoms with Crippen molar-refractivity contribution in [2.45, 2.75) is 29.9 Å². The minimum Gasteiger partial charge on any atom is -0.487 e. The van der Waals surface area contributed by atoms with Gasteiger partial charge in [0.05, 0.1) is 11.6 Å². The Hall–Kier alpha value is -2.49. The molecule has 0 spiro atoms. The smallest absolute Gasteiger partial charge is 0.255 e. The molecular formula is C22H28N4O4S. The van der Waals surface area contributed by atoms with Crippen molar-refractivity contribution in [3.05, 3.63) is 54.4 Å². The van der Waals surface area contributed by atoms with Crippen LogP contribution in [0, 0.1) is 0 Å². The average molecular weight is 445 g/mol. The molecule has 1 amide bonds. The summed E-state index contributed by atoms with van der Waals surface area (Å²) in [4.78, 5) is 21.0. The van der Waals surface area contributed by atoms with E-state index in [0.717, 1.165) is 0 Å². The van der Waals surface area contributed by atoms with Crippen LogP contribution in [0.15, 0.2) is 53.7 Å². The van der Waals surface area contributed by atoms with Crippen LogP contribution in [-0.4, -0.2) is 85.8 Å². The number of hydrogen-bond donors (Lipinski definition) is 0. The van der Waals surface area contributed by atoms with Crippen molar-refractivity contribution in [2.75, 3.05) is 40.3 Å². The zero-order valence-corrected chi connectivity index (χ0v) is 18.7. The molecule has 2 aliphatic rings. The van der Waals surface area contributed by atoms with Crippen LogP contribution in [0.4, 0.5) is 0 Å². The molecule has 0 saturated carbocycles. The molecule has 2 aliphatic heterocycles. The maximum absolute atomic E-state index is 13.6. The van der Waals surface area contributed by atoms with Crippen LogP contribution in [0.1, 0.15) is 23.2 Å². The number of likely N-dealkylation sites (tertiary alicyclic amines) is 1. The van der Waals surface area contributed by atoms with Crippen molar-refractivity contribution >= 4 is 15.9 Å². The van der Waals surface area contributed by atoms with E-state index in [4.69, 9.17) is 4.74 Å². The van der Waals surface area contributed by atoms with Gasteiger partial charge in [0.25, 0.3) is 5.91 Å². The van der Waals surface area contributed by atoms with Crippen molar-refractivity contribution < 1.29 is 17.9 Å². The number of pyridine rings is 1. The first-order chi connectivity index (χ1) is 14.9. The third-order valence-electron chi connectivity index (χ3n) is 5.85. The lowest BCUT2D eigenvalue weighted by molar-refractivity contribution is 0.0754. The summed E-state index contributed by atoms with van der Waals surface area (Å²) >= 11 is 0. The van der Waals surface area contributed by atoms with E-state index >= 15 is 0 Å². The maximum atomic E-state index is 13.6. The molecule has 4 rings (SSSR count). The highest BCUT2D eigenvalue weighted by atomic mass is 32.2. The number of para-hydroxylation sites is 1.